The zero-order chi connectivity index (χ0) is 39.9. The van der Waals surface area contributed by atoms with E-state index in [-0.39, 0.29) is 41.9 Å². The SMILES string of the molecule is CN(C)C(=O)[C@@H](NC(=O)CNC(=O)C(=O)C(CC1CCC1)NC(=O)[C@@H]1C2CCCC2CN1C(=O)[C@@H](NC(=O)NC(C)(C)C)C1CCCCC1)c1ccccc1. The molecule has 1 aliphatic heterocycles. The first-order valence-corrected chi connectivity index (χ1v) is 20.2. The van der Waals surface area contributed by atoms with E-state index in [9.17, 15) is 33.6 Å². The number of rotatable bonds is 14. The van der Waals surface area contributed by atoms with E-state index >= 15 is 0 Å². The number of nitrogens with zero attached hydrogens (tertiary/aromatic N) is 2. The van der Waals surface area contributed by atoms with Crippen LogP contribution in [0.4, 0.5) is 4.79 Å². The lowest BCUT2D eigenvalue weighted by molar-refractivity contribution is -0.144. The summed E-state index contributed by atoms with van der Waals surface area (Å²) >= 11 is 0. The Hall–Kier alpha value is -4.49. The standard InChI is InChI=1S/C41H61N7O7/c1-41(2,3)46-40(55)45-33(27-18-10-7-11-19-27)39(54)48-24-28-20-13-21-29(28)34(48)36(51)43-30(22-25-14-12-15-25)35(50)37(52)42-23-31(49)44-32(38(53)47(4)5)26-16-8-6-9-17-26/h6,8-9,16-17,25,27-30,32-34H,7,10-15,18-24H2,1-5H3,(H,42,52)(H,43,51)(H,44,49)(H2,45,46,55)/t28?,29?,30?,32-,33-,34-/m0/s1. The lowest BCUT2D eigenvalue weighted by Gasteiger charge is -2.36. The molecule has 1 heterocycles. The first-order valence-electron chi connectivity index (χ1n) is 20.2. The summed E-state index contributed by atoms with van der Waals surface area (Å²) in [5, 5.41) is 13.9. The summed E-state index contributed by atoms with van der Waals surface area (Å²) in [6, 6.07) is 4.53. The molecule has 3 aliphatic carbocycles. The molecule has 5 N–H and O–H groups in total. The molecule has 0 radical (unpaired) electrons. The number of Topliss-reactive ketones (excluding diaryl/α,β-unsaturated/α-hetero) is 1. The van der Waals surface area contributed by atoms with Crippen LogP contribution in [0.3, 0.4) is 0 Å². The molecule has 7 amide bonds. The second-order valence-electron chi connectivity index (χ2n) is 17.3. The van der Waals surface area contributed by atoms with Gasteiger partial charge >= 0.3 is 6.03 Å². The fraction of sp³-hybridized carbons (Fsp3) is 0.683. The summed E-state index contributed by atoms with van der Waals surface area (Å²) in [5.41, 5.74) is 0.0590. The molecular weight excluding hydrogens is 702 g/mol. The Morgan fingerprint density at radius 1 is 0.818 bits per heavy atom. The average Bonchev–Trinajstić information content (AvgIpc) is 3.74. The van der Waals surface area contributed by atoms with Gasteiger partial charge in [0.15, 0.2) is 0 Å². The second kappa shape index (κ2) is 18.4. The molecule has 6 atom stereocenters. The van der Waals surface area contributed by atoms with Gasteiger partial charge in [-0.3, -0.25) is 28.8 Å². The van der Waals surface area contributed by atoms with E-state index in [1.54, 1.807) is 49.3 Å². The number of urea groups is 1. The predicted molar refractivity (Wildman–Crippen MR) is 206 cm³/mol. The molecule has 14 nitrogen and oxygen atoms in total. The van der Waals surface area contributed by atoms with Gasteiger partial charge in [-0.2, -0.15) is 0 Å². The van der Waals surface area contributed by atoms with Gasteiger partial charge in [-0.25, -0.2) is 4.79 Å². The highest BCUT2D eigenvalue weighted by molar-refractivity contribution is 6.38. The Morgan fingerprint density at radius 2 is 1.49 bits per heavy atom. The van der Waals surface area contributed by atoms with Crippen LogP contribution in [0.1, 0.15) is 109 Å². The van der Waals surface area contributed by atoms with Gasteiger partial charge in [0.05, 0.1) is 12.6 Å². The minimum atomic E-state index is -1.14. The van der Waals surface area contributed by atoms with Crippen LogP contribution in [0.2, 0.25) is 0 Å². The van der Waals surface area contributed by atoms with Crippen molar-refractivity contribution < 1.29 is 33.6 Å². The van der Waals surface area contributed by atoms with E-state index in [0.29, 0.717) is 12.1 Å². The van der Waals surface area contributed by atoms with Crippen molar-refractivity contribution in [3.05, 3.63) is 35.9 Å². The molecule has 4 fully saturated rings. The van der Waals surface area contributed by atoms with E-state index in [0.717, 1.165) is 70.6 Å². The van der Waals surface area contributed by atoms with E-state index in [1.165, 1.54) is 4.90 Å². The fourth-order valence-corrected chi connectivity index (χ4v) is 8.77. The molecule has 4 aliphatic rings. The maximum atomic E-state index is 14.6. The topological polar surface area (TPSA) is 186 Å². The van der Waals surface area contributed by atoms with E-state index < -0.39 is 65.8 Å². The summed E-state index contributed by atoms with van der Waals surface area (Å²) in [6.45, 7) is 5.46. The predicted octanol–water partition coefficient (Wildman–Crippen LogP) is 2.97. The number of carbonyl (C=O) groups excluding carboxylic acids is 7. The van der Waals surface area contributed by atoms with Crippen LogP contribution >= 0.6 is 0 Å². The second-order valence-corrected chi connectivity index (χ2v) is 17.3. The highest BCUT2D eigenvalue weighted by Crippen LogP contribution is 2.43. The maximum Gasteiger partial charge on any atom is 0.315 e. The molecule has 0 spiro atoms. The number of hydrogen-bond acceptors (Lipinski definition) is 7. The van der Waals surface area contributed by atoms with Crippen molar-refractivity contribution in [3.63, 3.8) is 0 Å². The maximum absolute atomic E-state index is 14.6. The third kappa shape index (κ3) is 10.8. The molecule has 3 unspecified atom stereocenters. The summed E-state index contributed by atoms with van der Waals surface area (Å²) in [4.78, 5) is 98.1. The van der Waals surface area contributed by atoms with Gasteiger partial charge in [0, 0.05) is 26.2 Å². The number of fused-ring (bicyclic) bond motifs is 1. The molecule has 55 heavy (non-hydrogen) atoms. The average molecular weight is 764 g/mol. The molecule has 0 bridgehead atoms. The summed E-state index contributed by atoms with van der Waals surface area (Å²) < 4.78 is 0. The van der Waals surface area contributed by atoms with Crippen LogP contribution < -0.4 is 26.6 Å². The molecule has 302 valence electrons. The number of benzene rings is 1. The third-order valence-electron chi connectivity index (χ3n) is 11.8. The normalized spacial score (nSPS) is 22.9. The van der Waals surface area contributed by atoms with Crippen LogP contribution in [-0.4, -0.2) is 102 Å². The Kier molecular flexibility index (Phi) is 14.0. The lowest BCUT2D eigenvalue weighted by Crippen LogP contribution is -2.60. The van der Waals surface area contributed by atoms with Crippen molar-refractivity contribution in [2.75, 3.05) is 27.2 Å². The number of ketones is 1. The smallest absolute Gasteiger partial charge is 0.315 e. The summed E-state index contributed by atoms with van der Waals surface area (Å²) in [5.74, 6) is -3.54. The third-order valence-corrected chi connectivity index (χ3v) is 11.8. The highest BCUT2D eigenvalue weighted by atomic mass is 16.2. The van der Waals surface area contributed by atoms with Gasteiger partial charge in [0.25, 0.3) is 5.91 Å². The molecule has 5 rings (SSSR count). The first-order chi connectivity index (χ1) is 26.1. The first kappa shape index (κ1) is 41.7. The van der Waals surface area contributed by atoms with Crippen molar-refractivity contribution in [2.45, 2.75) is 128 Å². The number of carbonyl (C=O) groups is 7. The molecule has 1 saturated heterocycles. The van der Waals surface area contributed by atoms with Gasteiger partial charge in [-0.1, -0.05) is 75.3 Å². The molecule has 1 aromatic carbocycles. The highest BCUT2D eigenvalue weighted by Gasteiger charge is 2.52. The fourth-order valence-electron chi connectivity index (χ4n) is 8.77. The minimum absolute atomic E-state index is 0.0612. The van der Waals surface area contributed by atoms with Crippen LogP contribution in [0.5, 0.6) is 0 Å². The van der Waals surface area contributed by atoms with Gasteiger partial charge < -0.3 is 36.4 Å². The Bertz CT molecular complexity index is 1570. The van der Waals surface area contributed by atoms with E-state index in [2.05, 4.69) is 26.6 Å². The molecular formula is C41H61N7O7. The zero-order valence-corrected chi connectivity index (χ0v) is 33.2. The van der Waals surface area contributed by atoms with Crippen molar-refractivity contribution in [2.24, 2.45) is 23.7 Å². The van der Waals surface area contributed by atoms with E-state index in [1.807, 2.05) is 20.8 Å². The zero-order valence-electron chi connectivity index (χ0n) is 33.2. The number of amides is 7. The lowest BCUT2D eigenvalue weighted by atomic mass is 9.80. The summed E-state index contributed by atoms with van der Waals surface area (Å²) in [7, 11) is 3.15. The molecule has 3 saturated carbocycles. The Balaban J connectivity index is 1.29. The van der Waals surface area contributed by atoms with Gasteiger partial charge in [-0.05, 0) is 82.1 Å². The quantitative estimate of drug-likeness (QED) is 0.180. The van der Waals surface area contributed by atoms with Crippen LogP contribution in [0, 0.1) is 23.7 Å². The number of likely N-dealkylation sites (tertiary alicyclic amines) is 1. The van der Waals surface area contributed by atoms with Crippen molar-refractivity contribution in [1.82, 2.24) is 36.4 Å². The van der Waals surface area contributed by atoms with Gasteiger partial charge in [0.1, 0.15) is 18.1 Å². The van der Waals surface area contributed by atoms with Crippen LogP contribution in [-0.2, 0) is 28.8 Å². The largest absolute Gasteiger partial charge is 0.347 e. The Morgan fingerprint density at radius 3 is 2.11 bits per heavy atom. The summed E-state index contributed by atoms with van der Waals surface area (Å²) in [6.07, 6.45) is 10.2. The van der Waals surface area contributed by atoms with Crippen LogP contribution in [0.25, 0.3) is 0 Å². The monoisotopic (exact) mass is 763 g/mol. The number of nitrogens with one attached hydrogen (secondary N) is 5. The minimum Gasteiger partial charge on any atom is -0.347 e. The van der Waals surface area contributed by atoms with E-state index in [4.69, 9.17) is 0 Å². The number of hydrogen-bond donors (Lipinski definition) is 5. The van der Waals surface area contributed by atoms with Crippen LogP contribution in [0.15, 0.2) is 30.3 Å². The number of likely N-dealkylation sites (N-methyl/N-ethyl adjacent to an activating group) is 1. The van der Waals surface area contributed by atoms with Gasteiger partial charge in [0.2, 0.25) is 29.4 Å². The van der Waals surface area contributed by atoms with Crippen molar-refractivity contribution in [3.8, 4) is 0 Å². The van der Waals surface area contributed by atoms with Gasteiger partial charge in [-0.15, -0.1) is 0 Å². The van der Waals surface area contributed by atoms with Crippen molar-refractivity contribution in [1.29, 1.82) is 0 Å². The van der Waals surface area contributed by atoms with Crippen molar-refractivity contribution >= 4 is 41.4 Å². The molecule has 1 aromatic rings. The Labute approximate surface area is 325 Å². The molecule has 0 aromatic heterocycles. The molecule has 14 heteroatoms.